The number of thiophene rings is 2. The number of aryl methyl sites for hydroxylation is 5. The van der Waals surface area contributed by atoms with Crippen molar-refractivity contribution in [1.29, 1.82) is 0 Å². The van der Waals surface area contributed by atoms with Gasteiger partial charge in [-0.1, -0.05) is 231 Å². The molecule has 1 N–H and O–H groups in total. The molecule has 0 spiro atoms. The number of furan rings is 1. The fourth-order valence-corrected chi connectivity index (χ4v) is 12.5. The van der Waals surface area contributed by atoms with E-state index in [4.69, 9.17) is 17.8 Å². The summed E-state index contributed by atoms with van der Waals surface area (Å²) in [5.41, 5.74) is 7.45. The van der Waals surface area contributed by atoms with E-state index in [1.807, 2.05) is 149 Å². The number of oxazole rings is 2. The molecule has 0 saturated heterocycles. The van der Waals surface area contributed by atoms with Crippen LogP contribution in [0.25, 0.3) is 0 Å². The van der Waals surface area contributed by atoms with Gasteiger partial charge in [-0.2, -0.15) is 10.2 Å². The Labute approximate surface area is 801 Å². The van der Waals surface area contributed by atoms with Crippen LogP contribution in [0.2, 0.25) is 0 Å². The molecule has 0 aromatic carbocycles. The molecule has 15 aromatic heterocycles. The number of thiazole rings is 2. The fourth-order valence-electron chi connectivity index (χ4n) is 9.42. The minimum absolute atomic E-state index is 0.374. The van der Waals surface area contributed by atoms with Crippen molar-refractivity contribution in [3.8, 4) is 0 Å². The summed E-state index contributed by atoms with van der Waals surface area (Å²) in [5, 5.41) is 21.0. The number of hydrogen-bond acceptors (Lipinski definition) is 26. The van der Waals surface area contributed by atoms with Crippen molar-refractivity contribution < 1.29 is 17.8 Å². The summed E-state index contributed by atoms with van der Waals surface area (Å²) in [7, 11) is 0. The summed E-state index contributed by atoms with van der Waals surface area (Å²) >= 11 is 7.23. The lowest BCUT2D eigenvalue weighted by Crippen LogP contribution is -1.96. The van der Waals surface area contributed by atoms with E-state index >= 15 is 0 Å². The molecular weight excluding hydrogens is 1710 g/mol. The van der Waals surface area contributed by atoms with Gasteiger partial charge in [-0.25, -0.2) is 44.9 Å². The maximum absolute atomic E-state index is 5.34. The Morgan fingerprint density at radius 1 is 0.328 bits per heavy atom. The molecule has 0 aliphatic heterocycles. The molecule has 0 radical (unpaired) electrons. The number of nitrogens with one attached hydrogen (secondary N) is 1. The summed E-state index contributed by atoms with van der Waals surface area (Å²) in [6.07, 6.45) is 31.2. The Hall–Kier alpha value is -10.7. The quantitative estimate of drug-likeness (QED) is 0.0997. The average molecular weight is 1860 g/mol. The largest absolute Gasteiger partial charge is 0.466 e. The second-order valence-electron chi connectivity index (χ2n) is 34.8. The smallest absolute Gasteiger partial charge is 0.191 e. The van der Waals surface area contributed by atoms with Gasteiger partial charge in [0.25, 0.3) is 0 Å². The molecule has 15 rings (SSSR count). The first kappa shape index (κ1) is 118. The zero-order valence-electron chi connectivity index (χ0n) is 85.1. The first-order valence-electron chi connectivity index (χ1n) is 45.3. The van der Waals surface area contributed by atoms with E-state index in [0.717, 1.165) is 74.9 Å². The Morgan fingerprint density at radius 2 is 0.931 bits per heavy atom. The molecule has 15 aromatic rings. The lowest BCUT2D eigenvalue weighted by Gasteiger charge is -2.00. The van der Waals surface area contributed by atoms with Crippen LogP contribution in [-0.4, -0.2) is 95.3 Å². The first-order chi connectivity index (χ1) is 62.0. The van der Waals surface area contributed by atoms with Crippen molar-refractivity contribution in [2.75, 3.05) is 0 Å². The predicted molar refractivity (Wildman–Crippen MR) is 547 cm³/mol. The van der Waals surface area contributed by atoms with Crippen LogP contribution in [-0.2, 0) is 0 Å². The highest BCUT2D eigenvalue weighted by molar-refractivity contribution is 7.12. The lowest BCUT2D eigenvalue weighted by atomic mass is 10.1. The van der Waals surface area contributed by atoms with Gasteiger partial charge in [0.1, 0.15) is 53.1 Å². The molecule has 0 fully saturated rings. The Morgan fingerprint density at radius 3 is 1.21 bits per heavy atom. The number of nitrogens with zero attached hydrogens (tertiary/aromatic N) is 18. The normalized spacial score (nSPS) is 10.4. The standard InChI is InChI=1S/2C8H11N.C8H12O.C8H12S.3C7H10N2.2C7H11NO.C7H11NS.C7H10S.C6H9N3.C6H9NO.C6H9NS.C5H9N3/c1-7(2)8-4-3-5-9-6-8;1-7(2)8-5-3-4-6-9-8;2*1-6(2)8-5-4-7(3)9-8;1-6(2)7-5-8-3-4-9-7;1-6(2)7-3-4-8-5-9-7;1-6(2)7-8-4-3-5-9-7;1-5(2)7-4-8-6(3)9-7;1-5(2)7-4-6(3)8-9-7;1-5(2)7-4-8-6(3)9-7;1-6(2)7-4-3-5-8-7;1-5(2)6-7-3-4-8-9-6;2*1-5(2)6-3-7-4-8-6;1-4(2)5-6-3-7-8-5/h2*3-7H,1-2H3;2*4-6H,1-3H3;3*3-6H,1-2H3;3*4-5H,1-3H3;3-6H,1-2H3;3-5H,1-2H3;2*3-5H,1-2H3;3-4H,1-2H3,(H,6,7,8). The van der Waals surface area contributed by atoms with Crippen molar-refractivity contribution in [2.24, 2.45) is 0 Å². The zero-order valence-corrected chi connectivity index (χ0v) is 88.4. The lowest BCUT2D eigenvalue weighted by molar-refractivity contribution is 0.368. The van der Waals surface area contributed by atoms with Gasteiger partial charge >= 0.3 is 0 Å². The molecule has 15 heterocycles. The molecule has 0 atom stereocenters. The maximum atomic E-state index is 5.34. The fraction of sp³-hybridized carbons (Fsp3) is 0.481. The Kier molecular flexibility index (Phi) is 62.5. The molecule has 714 valence electrons. The second kappa shape index (κ2) is 69.2. The minimum Gasteiger partial charge on any atom is -0.466 e. The van der Waals surface area contributed by atoms with E-state index in [-0.39, 0.29) is 0 Å². The van der Waals surface area contributed by atoms with Crippen molar-refractivity contribution in [2.45, 2.75) is 331 Å². The number of hydrogen-bond donors (Lipinski definition) is 1. The summed E-state index contributed by atoms with van der Waals surface area (Å²) in [6.45, 7) is 73.7. The van der Waals surface area contributed by atoms with Crippen molar-refractivity contribution in [3.05, 3.63) is 318 Å². The van der Waals surface area contributed by atoms with Crippen LogP contribution >= 0.6 is 45.3 Å². The third kappa shape index (κ3) is 56.6. The van der Waals surface area contributed by atoms with E-state index < -0.39 is 0 Å². The van der Waals surface area contributed by atoms with E-state index in [2.05, 4.69) is 332 Å². The van der Waals surface area contributed by atoms with Gasteiger partial charge in [0, 0.05) is 165 Å². The molecule has 131 heavy (non-hydrogen) atoms. The second-order valence-corrected chi connectivity index (χ2v) is 39.2. The van der Waals surface area contributed by atoms with Gasteiger partial charge in [-0.05, 0) is 147 Å². The predicted octanol–water partition coefficient (Wildman–Crippen LogP) is 30.7. The van der Waals surface area contributed by atoms with Gasteiger partial charge in [0.2, 0.25) is 0 Å². The van der Waals surface area contributed by atoms with Crippen molar-refractivity contribution >= 4 is 45.3 Å². The van der Waals surface area contributed by atoms with Crippen LogP contribution in [0.3, 0.4) is 0 Å². The van der Waals surface area contributed by atoms with Crippen LogP contribution < -0.4 is 0 Å². The highest BCUT2D eigenvalue weighted by atomic mass is 32.1. The highest BCUT2D eigenvalue weighted by Gasteiger charge is 2.09. The number of aromatic amines is 1. The van der Waals surface area contributed by atoms with Crippen molar-refractivity contribution in [1.82, 2.24) is 95.3 Å². The number of rotatable bonds is 15. The van der Waals surface area contributed by atoms with E-state index in [1.165, 1.54) is 47.7 Å². The third-order valence-electron chi connectivity index (χ3n) is 17.5. The first-order valence-corrected chi connectivity index (χ1v) is 48.7. The molecule has 0 saturated carbocycles. The number of aromatic nitrogens is 19. The van der Waals surface area contributed by atoms with Crippen LogP contribution in [0.4, 0.5) is 0 Å². The summed E-state index contributed by atoms with van der Waals surface area (Å²) < 4.78 is 20.5. The topological polar surface area (TPSA) is 300 Å². The SMILES string of the molecule is CC(C)c1ccccn1.CC(C)c1cccnc1.CC(C)c1cccs1.CC(C)c1ccncn1.CC(C)c1cnccn1.CC(C)c1cnco1.CC(C)c1cncs1.CC(C)c1ncccn1.CC(C)c1nccnn1.CC(C)c1ncn[nH]1.Cc1cc(C(C)C)on1.Cc1ccc(C(C)C)o1.Cc1ccc(C(C)C)s1.Cc1ncc(C(C)C)o1.Cc1ncc(C(C)C)s1. The van der Waals surface area contributed by atoms with Crippen LogP contribution in [0, 0.1) is 34.6 Å². The van der Waals surface area contributed by atoms with Gasteiger partial charge in [0.15, 0.2) is 18.1 Å². The van der Waals surface area contributed by atoms with E-state index in [0.29, 0.717) is 88.8 Å². The molecule has 0 bridgehead atoms. The van der Waals surface area contributed by atoms with Crippen LogP contribution in [0.5, 0.6) is 0 Å². The summed E-state index contributed by atoms with van der Waals surface area (Å²) in [4.78, 5) is 63.2. The van der Waals surface area contributed by atoms with Crippen molar-refractivity contribution in [3.63, 3.8) is 0 Å². The maximum Gasteiger partial charge on any atom is 0.191 e. The Balaban J connectivity index is 0.000000702. The van der Waals surface area contributed by atoms with Gasteiger partial charge in [-0.15, -0.1) is 50.4 Å². The molecule has 23 nitrogen and oxygen atoms in total. The van der Waals surface area contributed by atoms with Crippen LogP contribution in [0.15, 0.2) is 226 Å². The molecule has 0 unspecified atom stereocenters. The minimum atomic E-state index is 0.374. The molecule has 0 aliphatic rings. The number of H-pyrrole nitrogens is 1. The van der Waals surface area contributed by atoms with E-state index in [9.17, 15) is 0 Å². The highest BCUT2D eigenvalue weighted by Crippen LogP contribution is 2.25. The van der Waals surface area contributed by atoms with Crippen LogP contribution in [0.1, 0.15) is 406 Å². The zero-order chi connectivity index (χ0) is 98.3. The molecule has 27 heteroatoms. The number of pyridine rings is 2. The van der Waals surface area contributed by atoms with Gasteiger partial charge in [-0.3, -0.25) is 30.0 Å². The van der Waals surface area contributed by atoms with Gasteiger partial charge in [0.05, 0.1) is 40.5 Å². The average Bonchev–Trinajstić information content (AvgIpc) is 1.76. The van der Waals surface area contributed by atoms with Gasteiger partial charge < -0.3 is 17.8 Å². The Bertz CT molecular complexity index is 4290. The molecule has 0 aliphatic carbocycles. The molecule has 0 amide bonds. The molecular formula is C104H155N19O4S4. The summed E-state index contributed by atoms with van der Waals surface area (Å²) in [5.74, 6) is 16.3. The third-order valence-corrected chi connectivity index (χ3v) is 22.3. The van der Waals surface area contributed by atoms with E-state index in [1.54, 1.807) is 97.2 Å². The monoisotopic (exact) mass is 1860 g/mol. The summed E-state index contributed by atoms with van der Waals surface area (Å²) in [6, 6.07) is 28.5.